The minimum atomic E-state index is -4.74. The third-order valence-corrected chi connectivity index (χ3v) is 4.78. The third kappa shape index (κ3) is 8.26. The predicted octanol–water partition coefficient (Wildman–Crippen LogP) is 5.27. The van der Waals surface area contributed by atoms with E-state index in [1.807, 2.05) is 20.8 Å². The first-order valence-corrected chi connectivity index (χ1v) is 9.98. The SMILES string of the molecule is CC(C)(C)OC(=O)NC1CCC(NCc2ccc(Br)cc2OC(F)(F)F)CC1. The molecule has 1 aliphatic carbocycles. The van der Waals surface area contributed by atoms with Gasteiger partial charge in [0.15, 0.2) is 0 Å². The molecule has 1 fully saturated rings. The summed E-state index contributed by atoms with van der Waals surface area (Å²) in [6.07, 6.45) is -1.97. The molecule has 0 saturated heterocycles. The molecule has 2 N–H and O–H groups in total. The van der Waals surface area contributed by atoms with E-state index in [1.54, 1.807) is 12.1 Å². The number of rotatable bonds is 5. The van der Waals surface area contributed by atoms with Crippen LogP contribution in [0.3, 0.4) is 0 Å². The molecule has 2 rings (SSSR count). The van der Waals surface area contributed by atoms with Crippen molar-refractivity contribution >= 4 is 22.0 Å². The van der Waals surface area contributed by atoms with E-state index >= 15 is 0 Å². The van der Waals surface area contributed by atoms with Gasteiger partial charge in [-0.3, -0.25) is 0 Å². The van der Waals surface area contributed by atoms with E-state index in [0.29, 0.717) is 10.0 Å². The summed E-state index contributed by atoms with van der Waals surface area (Å²) in [4.78, 5) is 11.8. The Balaban J connectivity index is 1.82. The van der Waals surface area contributed by atoms with Crippen LogP contribution in [0.2, 0.25) is 0 Å². The summed E-state index contributed by atoms with van der Waals surface area (Å²) in [5, 5.41) is 6.16. The van der Waals surface area contributed by atoms with Gasteiger partial charge in [0, 0.05) is 28.7 Å². The van der Waals surface area contributed by atoms with Crippen molar-refractivity contribution in [3.05, 3.63) is 28.2 Å². The normalized spacial score (nSPS) is 20.5. The highest BCUT2D eigenvalue weighted by Gasteiger charge is 2.32. The highest BCUT2D eigenvalue weighted by atomic mass is 79.9. The van der Waals surface area contributed by atoms with Gasteiger partial charge in [-0.25, -0.2) is 4.79 Å². The van der Waals surface area contributed by atoms with Crippen LogP contribution in [0.25, 0.3) is 0 Å². The summed E-state index contributed by atoms with van der Waals surface area (Å²) in [6, 6.07) is 4.81. The number of alkyl halides is 3. The molecule has 1 aromatic rings. The Morgan fingerprint density at radius 1 is 1.14 bits per heavy atom. The Labute approximate surface area is 171 Å². The molecule has 0 radical (unpaired) electrons. The molecule has 158 valence electrons. The van der Waals surface area contributed by atoms with E-state index in [2.05, 4.69) is 31.3 Å². The zero-order valence-electron chi connectivity index (χ0n) is 16.2. The number of hydrogen-bond donors (Lipinski definition) is 2. The molecule has 28 heavy (non-hydrogen) atoms. The van der Waals surface area contributed by atoms with Crippen LogP contribution in [0, 0.1) is 0 Å². The molecule has 0 heterocycles. The molecular formula is C19H26BrF3N2O3. The number of nitrogens with one attached hydrogen (secondary N) is 2. The monoisotopic (exact) mass is 466 g/mol. The van der Waals surface area contributed by atoms with E-state index < -0.39 is 18.1 Å². The van der Waals surface area contributed by atoms with Gasteiger partial charge in [-0.15, -0.1) is 13.2 Å². The molecule has 0 bridgehead atoms. The predicted molar refractivity (Wildman–Crippen MR) is 103 cm³/mol. The van der Waals surface area contributed by atoms with Crippen LogP contribution >= 0.6 is 15.9 Å². The Hall–Kier alpha value is -1.48. The number of amides is 1. The van der Waals surface area contributed by atoms with Gasteiger partial charge in [-0.1, -0.05) is 22.0 Å². The van der Waals surface area contributed by atoms with Crippen molar-refractivity contribution in [3.63, 3.8) is 0 Å². The fourth-order valence-corrected chi connectivity index (χ4v) is 3.40. The van der Waals surface area contributed by atoms with Crippen molar-refractivity contribution in [1.29, 1.82) is 0 Å². The highest BCUT2D eigenvalue weighted by Crippen LogP contribution is 2.30. The number of halogens is 4. The Morgan fingerprint density at radius 3 is 2.32 bits per heavy atom. The van der Waals surface area contributed by atoms with Gasteiger partial charge in [-0.05, 0) is 58.6 Å². The highest BCUT2D eigenvalue weighted by molar-refractivity contribution is 9.10. The molecule has 1 aliphatic rings. The lowest BCUT2D eigenvalue weighted by Gasteiger charge is -2.30. The zero-order valence-corrected chi connectivity index (χ0v) is 17.7. The van der Waals surface area contributed by atoms with Crippen molar-refractivity contribution in [1.82, 2.24) is 10.6 Å². The fraction of sp³-hybridized carbons (Fsp3) is 0.632. The molecule has 1 saturated carbocycles. The van der Waals surface area contributed by atoms with Crippen molar-refractivity contribution in [2.24, 2.45) is 0 Å². The lowest BCUT2D eigenvalue weighted by atomic mass is 9.91. The maximum atomic E-state index is 12.6. The summed E-state index contributed by atoms with van der Waals surface area (Å²) in [7, 11) is 0. The van der Waals surface area contributed by atoms with Crippen molar-refractivity contribution in [3.8, 4) is 5.75 Å². The van der Waals surface area contributed by atoms with E-state index in [0.717, 1.165) is 25.7 Å². The van der Waals surface area contributed by atoms with Crippen molar-refractivity contribution < 1.29 is 27.4 Å². The molecule has 5 nitrogen and oxygen atoms in total. The average Bonchev–Trinajstić information content (AvgIpc) is 2.52. The minimum absolute atomic E-state index is 0.0460. The molecule has 0 spiro atoms. The minimum Gasteiger partial charge on any atom is -0.444 e. The first-order valence-electron chi connectivity index (χ1n) is 9.18. The van der Waals surface area contributed by atoms with Crippen LogP contribution in [0.5, 0.6) is 5.75 Å². The van der Waals surface area contributed by atoms with E-state index in [1.165, 1.54) is 6.07 Å². The largest absolute Gasteiger partial charge is 0.573 e. The van der Waals surface area contributed by atoms with Gasteiger partial charge in [0.2, 0.25) is 0 Å². The standard InChI is InChI=1S/C19H26BrF3N2O3/c1-18(2,3)28-17(26)25-15-8-6-14(7-9-15)24-11-12-4-5-13(20)10-16(12)27-19(21,22)23/h4-5,10,14-15,24H,6-9,11H2,1-3H3,(H,25,26). The molecule has 0 aromatic heterocycles. The second kappa shape index (κ2) is 9.35. The number of hydrogen-bond acceptors (Lipinski definition) is 4. The maximum absolute atomic E-state index is 12.6. The topological polar surface area (TPSA) is 59.6 Å². The van der Waals surface area contributed by atoms with Crippen LogP contribution in [-0.2, 0) is 11.3 Å². The van der Waals surface area contributed by atoms with E-state index in [9.17, 15) is 18.0 Å². The second-order valence-corrected chi connectivity index (χ2v) is 8.79. The average molecular weight is 467 g/mol. The van der Waals surface area contributed by atoms with Crippen LogP contribution in [0.1, 0.15) is 52.0 Å². The molecule has 0 atom stereocenters. The van der Waals surface area contributed by atoms with Gasteiger partial charge >= 0.3 is 12.5 Å². The van der Waals surface area contributed by atoms with Crippen LogP contribution in [0.15, 0.2) is 22.7 Å². The second-order valence-electron chi connectivity index (χ2n) is 7.88. The summed E-state index contributed by atoms with van der Waals surface area (Å²) in [5.74, 6) is -0.213. The summed E-state index contributed by atoms with van der Waals surface area (Å²) >= 11 is 3.16. The molecule has 0 unspecified atom stereocenters. The smallest absolute Gasteiger partial charge is 0.444 e. The number of carbonyl (C=O) groups is 1. The fourth-order valence-electron chi connectivity index (χ4n) is 3.06. The van der Waals surface area contributed by atoms with Crippen molar-refractivity contribution in [2.75, 3.05) is 0 Å². The lowest BCUT2D eigenvalue weighted by Crippen LogP contribution is -2.43. The molecule has 0 aliphatic heterocycles. The molecular weight excluding hydrogens is 441 g/mol. The molecule has 1 aromatic carbocycles. The Bertz CT molecular complexity index is 669. The number of carbonyl (C=O) groups excluding carboxylic acids is 1. The Kier molecular flexibility index (Phi) is 7.61. The van der Waals surface area contributed by atoms with E-state index in [4.69, 9.17) is 4.74 Å². The zero-order chi connectivity index (χ0) is 20.9. The van der Waals surface area contributed by atoms with Gasteiger partial charge < -0.3 is 20.1 Å². The van der Waals surface area contributed by atoms with Crippen LogP contribution in [-0.4, -0.2) is 30.1 Å². The molecule has 9 heteroatoms. The summed E-state index contributed by atoms with van der Waals surface area (Å²) in [6.45, 7) is 5.71. The number of benzene rings is 1. The van der Waals surface area contributed by atoms with Crippen molar-refractivity contribution in [2.45, 2.75) is 77.0 Å². The van der Waals surface area contributed by atoms with E-state index in [-0.39, 0.29) is 24.4 Å². The molecule has 1 amide bonds. The van der Waals surface area contributed by atoms with Gasteiger partial charge in [0.25, 0.3) is 0 Å². The van der Waals surface area contributed by atoms with Gasteiger partial charge in [0.1, 0.15) is 11.4 Å². The number of alkyl carbamates (subject to hydrolysis) is 1. The summed E-state index contributed by atoms with van der Waals surface area (Å²) < 4.78 is 47.7. The van der Waals surface area contributed by atoms with Gasteiger partial charge in [0.05, 0.1) is 0 Å². The maximum Gasteiger partial charge on any atom is 0.573 e. The number of ether oxygens (including phenoxy) is 2. The Morgan fingerprint density at radius 2 is 1.75 bits per heavy atom. The van der Waals surface area contributed by atoms with Crippen LogP contribution in [0.4, 0.5) is 18.0 Å². The first-order chi connectivity index (χ1) is 12.9. The third-order valence-electron chi connectivity index (χ3n) is 4.28. The first kappa shape index (κ1) is 22.8. The van der Waals surface area contributed by atoms with Gasteiger partial charge in [-0.2, -0.15) is 0 Å². The lowest BCUT2D eigenvalue weighted by molar-refractivity contribution is -0.274. The summed E-state index contributed by atoms with van der Waals surface area (Å²) in [5.41, 5.74) is -0.0986. The quantitative estimate of drug-likeness (QED) is 0.620. The van der Waals surface area contributed by atoms with Crippen LogP contribution < -0.4 is 15.4 Å².